The quantitative estimate of drug-likeness (QED) is 0.582. The highest BCUT2D eigenvalue weighted by Crippen LogP contribution is 2.32. The first-order chi connectivity index (χ1) is 13.0. The van der Waals surface area contributed by atoms with Crippen LogP contribution in [0.5, 0.6) is 5.75 Å². The van der Waals surface area contributed by atoms with Crippen LogP contribution in [0.3, 0.4) is 0 Å². The summed E-state index contributed by atoms with van der Waals surface area (Å²) in [6, 6.07) is 5.72. The maximum absolute atomic E-state index is 13.0. The fourth-order valence-corrected chi connectivity index (χ4v) is 4.32. The highest BCUT2D eigenvalue weighted by molar-refractivity contribution is 7.96. The van der Waals surface area contributed by atoms with Gasteiger partial charge in [-0.05, 0) is 54.3 Å². The van der Waals surface area contributed by atoms with Gasteiger partial charge in [0, 0.05) is 45.6 Å². The first kappa shape index (κ1) is 18.1. The predicted octanol–water partition coefficient (Wildman–Crippen LogP) is 2.49. The van der Waals surface area contributed by atoms with E-state index in [-0.39, 0.29) is 11.7 Å². The minimum atomic E-state index is -0.603. The number of ether oxygens (including phenoxy) is 1. The minimum absolute atomic E-state index is 0.0444. The molecule has 2 aliphatic rings. The average molecular weight is 388 g/mol. The molecule has 2 aliphatic heterocycles. The maximum atomic E-state index is 13.0. The Kier molecular flexibility index (Phi) is 4.92. The third-order valence-electron chi connectivity index (χ3n) is 4.77. The monoisotopic (exact) mass is 388 g/mol. The SMILES string of the molecule is CC(Oc1ccc(F)cc1)C(=O)N1CC2=C(CN(Sc3nccn3C)C2)C1. The second-order valence-corrected chi connectivity index (χ2v) is 7.89. The number of nitrogens with zero attached hydrogens (tertiary/aromatic N) is 4. The maximum Gasteiger partial charge on any atom is 0.263 e. The van der Waals surface area contributed by atoms with Gasteiger partial charge in [0.1, 0.15) is 11.6 Å². The normalized spacial score (nSPS) is 18.1. The van der Waals surface area contributed by atoms with Crippen molar-refractivity contribution in [3.05, 3.63) is 53.6 Å². The van der Waals surface area contributed by atoms with Crippen LogP contribution in [0.1, 0.15) is 6.92 Å². The molecule has 2 aromatic rings. The summed E-state index contributed by atoms with van der Waals surface area (Å²) in [4.78, 5) is 18.9. The van der Waals surface area contributed by atoms with Crippen molar-refractivity contribution in [3.8, 4) is 5.75 Å². The molecule has 8 heteroatoms. The van der Waals surface area contributed by atoms with Crippen LogP contribution in [0.4, 0.5) is 4.39 Å². The Morgan fingerprint density at radius 2 is 1.85 bits per heavy atom. The molecule has 0 aliphatic carbocycles. The highest BCUT2D eigenvalue weighted by atomic mass is 32.2. The summed E-state index contributed by atoms with van der Waals surface area (Å²) in [5.74, 6) is 0.126. The standard InChI is InChI=1S/C19H21FN4O2S/c1-13(26-17-5-3-16(20)4-6-17)18(25)23-9-14-11-24(12-15(14)10-23)27-19-21-7-8-22(19)2/h3-8,13H,9-12H2,1-2H3. The van der Waals surface area contributed by atoms with Gasteiger partial charge in [-0.25, -0.2) is 13.7 Å². The van der Waals surface area contributed by atoms with Gasteiger partial charge >= 0.3 is 0 Å². The molecule has 0 spiro atoms. The van der Waals surface area contributed by atoms with Crippen LogP contribution < -0.4 is 4.74 Å². The fourth-order valence-electron chi connectivity index (χ4n) is 3.35. The predicted molar refractivity (Wildman–Crippen MR) is 101 cm³/mol. The number of carbonyl (C=O) groups excluding carboxylic acids is 1. The van der Waals surface area contributed by atoms with E-state index in [1.807, 2.05) is 22.7 Å². The Balaban J connectivity index is 1.30. The topological polar surface area (TPSA) is 50.6 Å². The van der Waals surface area contributed by atoms with Crippen molar-refractivity contribution in [2.24, 2.45) is 7.05 Å². The van der Waals surface area contributed by atoms with Gasteiger partial charge in [0.2, 0.25) is 0 Å². The van der Waals surface area contributed by atoms with Gasteiger partial charge < -0.3 is 14.2 Å². The van der Waals surface area contributed by atoms with Gasteiger partial charge in [-0.3, -0.25) is 4.79 Å². The van der Waals surface area contributed by atoms with Crippen LogP contribution in [-0.2, 0) is 11.8 Å². The third-order valence-corrected chi connectivity index (χ3v) is 5.84. The van der Waals surface area contributed by atoms with Crippen molar-refractivity contribution in [3.63, 3.8) is 0 Å². The number of hydrogen-bond donors (Lipinski definition) is 0. The lowest BCUT2D eigenvalue weighted by Crippen LogP contribution is -2.40. The molecule has 1 unspecified atom stereocenters. The smallest absolute Gasteiger partial charge is 0.263 e. The Morgan fingerprint density at radius 3 is 2.44 bits per heavy atom. The Hall–Kier alpha value is -2.32. The van der Waals surface area contributed by atoms with Gasteiger partial charge in [-0.2, -0.15) is 0 Å². The summed E-state index contributed by atoms with van der Waals surface area (Å²) in [5, 5.41) is 0.963. The second-order valence-electron chi connectivity index (χ2n) is 6.83. The fraction of sp³-hybridized carbons (Fsp3) is 0.368. The summed E-state index contributed by atoms with van der Waals surface area (Å²) >= 11 is 1.64. The molecule has 1 aromatic heterocycles. The van der Waals surface area contributed by atoms with Crippen LogP contribution in [-0.4, -0.2) is 56.9 Å². The summed E-state index contributed by atoms with van der Waals surface area (Å²) < 4.78 is 22.9. The van der Waals surface area contributed by atoms with Gasteiger partial charge in [-0.15, -0.1) is 0 Å². The van der Waals surface area contributed by atoms with E-state index in [9.17, 15) is 9.18 Å². The molecule has 0 radical (unpaired) electrons. The van der Waals surface area contributed by atoms with Crippen LogP contribution in [0.25, 0.3) is 0 Å². The van der Waals surface area contributed by atoms with Crippen molar-refractivity contribution >= 4 is 17.9 Å². The van der Waals surface area contributed by atoms with Crippen molar-refractivity contribution in [2.75, 3.05) is 26.2 Å². The zero-order chi connectivity index (χ0) is 19.0. The Bertz CT molecular complexity index is 862. The zero-order valence-corrected chi connectivity index (χ0v) is 16.1. The van der Waals surface area contributed by atoms with Crippen LogP contribution in [0.15, 0.2) is 53.0 Å². The van der Waals surface area contributed by atoms with Gasteiger partial charge in [0.15, 0.2) is 11.3 Å². The largest absolute Gasteiger partial charge is 0.481 e. The molecule has 0 saturated heterocycles. The lowest BCUT2D eigenvalue weighted by Gasteiger charge is -2.24. The van der Waals surface area contributed by atoms with Crippen molar-refractivity contribution in [1.29, 1.82) is 0 Å². The van der Waals surface area contributed by atoms with E-state index in [0.29, 0.717) is 18.8 Å². The molecule has 0 bridgehead atoms. The van der Waals surface area contributed by atoms with E-state index < -0.39 is 6.10 Å². The molecule has 0 N–H and O–H groups in total. The lowest BCUT2D eigenvalue weighted by atomic mass is 10.2. The number of imidazole rings is 1. The Morgan fingerprint density at radius 1 is 1.19 bits per heavy atom. The van der Waals surface area contributed by atoms with Crippen LogP contribution in [0, 0.1) is 5.82 Å². The number of amides is 1. The van der Waals surface area contributed by atoms with E-state index in [1.54, 1.807) is 25.1 Å². The molecule has 6 nitrogen and oxygen atoms in total. The molecule has 1 aromatic carbocycles. The van der Waals surface area contributed by atoms with E-state index in [4.69, 9.17) is 4.74 Å². The third kappa shape index (κ3) is 3.86. The number of aromatic nitrogens is 2. The molecule has 1 atom stereocenters. The van der Waals surface area contributed by atoms with E-state index >= 15 is 0 Å². The zero-order valence-electron chi connectivity index (χ0n) is 15.3. The molecule has 4 rings (SSSR count). The van der Waals surface area contributed by atoms with Gasteiger partial charge in [-0.1, -0.05) is 0 Å². The molecule has 3 heterocycles. The van der Waals surface area contributed by atoms with Crippen molar-refractivity contribution in [2.45, 2.75) is 18.2 Å². The first-order valence-corrected chi connectivity index (χ1v) is 9.58. The highest BCUT2D eigenvalue weighted by Gasteiger charge is 2.34. The van der Waals surface area contributed by atoms with Crippen LogP contribution >= 0.6 is 11.9 Å². The summed E-state index contributed by atoms with van der Waals surface area (Å²) in [5.41, 5.74) is 2.61. The van der Waals surface area contributed by atoms with Crippen LogP contribution in [0.2, 0.25) is 0 Å². The number of halogens is 1. The van der Waals surface area contributed by atoms with E-state index in [1.165, 1.54) is 35.4 Å². The van der Waals surface area contributed by atoms with Gasteiger partial charge in [0.25, 0.3) is 5.91 Å². The van der Waals surface area contributed by atoms with Crippen molar-refractivity contribution < 1.29 is 13.9 Å². The first-order valence-electron chi connectivity index (χ1n) is 8.80. The summed E-state index contributed by atoms with van der Waals surface area (Å²) in [6.07, 6.45) is 3.12. The van der Waals surface area contributed by atoms with Crippen molar-refractivity contribution in [1.82, 2.24) is 18.8 Å². The molecular formula is C19H21FN4O2S. The molecule has 142 valence electrons. The summed E-state index contributed by atoms with van der Waals surface area (Å²) in [7, 11) is 1.98. The minimum Gasteiger partial charge on any atom is -0.481 e. The number of hydrogen-bond acceptors (Lipinski definition) is 5. The number of aryl methyl sites for hydroxylation is 1. The molecular weight excluding hydrogens is 367 g/mol. The number of benzene rings is 1. The molecule has 0 saturated carbocycles. The molecule has 0 fully saturated rings. The van der Waals surface area contributed by atoms with E-state index in [0.717, 1.165) is 18.2 Å². The van der Waals surface area contributed by atoms with E-state index in [2.05, 4.69) is 9.29 Å². The Labute approximate surface area is 161 Å². The molecule has 27 heavy (non-hydrogen) atoms. The number of carbonyl (C=O) groups is 1. The number of rotatable bonds is 5. The van der Waals surface area contributed by atoms with Gasteiger partial charge in [0.05, 0.1) is 0 Å². The second kappa shape index (κ2) is 7.36. The lowest BCUT2D eigenvalue weighted by molar-refractivity contribution is -0.136. The average Bonchev–Trinajstić information content (AvgIpc) is 3.32. The molecule has 1 amide bonds. The summed E-state index contributed by atoms with van der Waals surface area (Å²) in [6.45, 7) is 4.69.